The number of hydrogen-bond donors (Lipinski definition) is 1. The summed E-state index contributed by atoms with van der Waals surface area (Å²) < 4.78 is 0. The van der Waals surface area contributed by atoms with Gasteiger partial charge in [0.05, 0.1) is 5.60 Å². The summed E-state index contributed by atoms with van der Waals surface area (Å²) in [4.78, 5) is 0. The minimum atomic E-state index is -0.690. The summed E-state index contributed by atoms with van der Waals surface area (Å²) in [5.41, 5.74) is 0.368. The number of halogens is 1. The average molecular weight is 257 g/mol. The Morgan fingerprint density at radius 3 is 2.29 bits per heavy atom. The quantitative estimate of drug-likeness (QED) is 0.749. The summed E-state index contributed by atoms with van der Waals surface area (Å²) >= 11 is 5.99. The van der Waals surface area contributed by atoms with E-state index in [4.69, 9.17) is 11.6 Å². The highest BCUT2D eigenvalue weighted by Gasteiger charge is 2.44. The fraction of sp³-hybridized carbons (Fsp3) is 0.733. The van der Waals surface area contributed by atoms with E-state index in [9.17, 15) is 5.11 Å². The first-order chi connectivity index (χ1) is 7.87. The molecule has 0 bridgehead atoms. The molecule has 1 aliphatic carbocycles. The van der Waals surface area contributed by atoms with Crippen LogP contribution in [0, 0.1) is 5.41 Å². The predicted octanol–water partition coefficient (Wildman–Crippen LogP) is 4.80. The molecule has 0 aromatic heterocycles. The van der Waals surface area contributed by atoms with E-state index in [2.05, 4.69) is 27.7 Å². The molecule has 0 saturated carbocycles. The zero-order chi connectivity index (χ0) is 13.1. The maximum absolute atomic E-state index is 11.1. The molecule has 1 N–H and O–H groups in total. The lowest BCUT2D eigenvalue weighted by atomic mass is 9.65. The maximum Gasteiger partial charge on any atom is 0.0910 e. The molecule has 0 amide bonds. The van der Waals surface area contributed by atoms with Gasteiger partial charge < -0.3 is 5.11 Å². The number of hydrogen-bond acceptors (Lipinski definition) is 1. The van der Waals surface area contributed by atoms with E-state index in [-0.39, 0.29) is 5.41 Å². The lowest BCUT2D eigenvalue weighted by Crippen LogP contribution is -2.46. The Balaban J connectivity index is 3.08. The van der Waals surface area contributed by atoms with Gasteiger partial charge in [0.2, 0.25) is 0 Å². The van der Waals surface area contributed by atoms with Crippen molar-refractivity contribution in [1.82, 2.24) is 0 Å². The molecule has 0 spiro atoms. The van der Waals surface area contributed by atoms with Crippen molar-refractivity contribution in [2.24, 2.45) is 5.41 Å². The molecule has 0 heterocycles. The van der Waals surface area contributed by atoms with Gasteiger partial charge in [-0.2, -0.15) is 0 Å². The molecule has 98 valence electrons. The predicted molar refractivity (Wildman–Crippen MR) is 75.2 cm³/mol. The molecular weight excluding hydrogens is 232 g/mol. The first-order valence-electron chi connectivity index (χ1n) is 6.65. The van der Waals surface area contributed by atoms with Crippen molar-refractivity contribution in [3.8, 4) is 0 Å². The normalized spacial score (nSPS) is 20.6. The Bertz CT molecular complexity index is 328. The molecule has 0 saturated heterocycles. The van der Waals surface area contributed by atoms with Gasteiger partial charge in [-0.3, -0.25) is 0 Å². The van der Waals surface area contributed by atoms with Crippen molar-refractivity contribution in [3.63, 3.8) is 0 Å². The number of allylic oxidation sites excluding steroid dienone is 3. The summed E-state index contributed by atoms with van der Waals surface area (Å²) in [6, 6.07) is 0. The summed E-state index contributed by atoms with van der Waals surface area (Å²) in [7, 11) is 0. The summed E-state index contributed by atoms with van der Waals surface area (Å²) in [5.74, 6) is 0. The third-order valence-corrected chi connectivity index (χ3v) is 4.56. The van der Waals surface area contributed by atoms with E-state index < -0.39 is 5.60 Å². The Morgan fingerprint density at radius 1 is 1.24 bits per heavy atom. The molecule has 0 fully saturated rings. The van der Waals surface area contributed by atoms with Crippen molar-refractivity contribution >= 4 is 11.6 Å². The molecule has 1 aliphatic rings. The van der Waals surface area contributed by atoms with Gasteiger partial charge >= 0.3 is 0 Å². The van der Waals surface area contributed by atoms with Crippen LogP contribution in [-0.4, -0.2) is 10.7 Å². The molecule has 0 aliphatic heterocycles. The summed E-state index contributed by atoms with van der Waals surface area (Å²) in [5, 5.41) is 12.0. The molecule has 0 aromatic carbocycles. The van der Waals surface area contributed by atoms with Gasteiger partial charge in [0, 0.05) is 5.03 Å². The Kier molecular flexibility index (Phi) is 4.86. The second-order valence-corrected chi connectivity index (χ2v) is 6.14. The third kappa shape index (κ3) is 2.95. The number of rotatable bonds is 5. The average Bonchev–Trinajstić information content (AvgIpc) is 2.29. The summed E-state index contributed by atoms with van der Waals surface area (Å²) in [6.45, 7) is 8.59. The SMILES string of the molecule is CCCC(O)(C1=CC=C(Cl)CC1)C(C)(C)CC. The van der Waals surface area contributed by atoms with Gasteiger partial charge in [-0.05, 0) is 42.7 Å². The first-order valence-corrected chi connectivity index (χ1v) is 7.03. The molecule has 1 atom stereocenters. The van der Waals surface area contributed by atoms with Gasteiger partial charge in [0.15, 0.2) is 0 Å². The second-order valence-electron chi connectivity index (χ2n) is 5.65. The monoisotopic (exact) mass is 256 g/mol. The van der Waals surface area contributed by atoms with Gasteiger partial charge in [-0.25, -0.2) is 0 Å². The van der Waals surface area contributed by atoms with Gasteiger partial charge in [-0.15, -0.1) is 0 Å². The van der Waals surface area contributed by atoms with Crippen LogP contribution in [0.3, 0.4) is 0 Å². The van der Waals surface area contributed by atoms with Gasteiger partial charge in [-0.1, -0.05) is 51.8 Å². The summed E-state index contributed by atoms with van der Waals surface area (Å²) in [6.07, 6.45) is 8.50. The van der Waals surface area contributed by atoms with E-state index in [1.54, 1.807) is 0 Å². The highest BCUT2D eigenvalue weighted by atomic mass is 35.5. The van der Waals surface area contributed by atoms with Crippen LogP contribution in [0.2, 0.25) is 0 Å². The van der Waals surface area contributed by atoms with Crippen LogP contribution in [0.15, 0.2) is 22.8 Å². The molecular formula is C15H25ClO. The minimum Gasteiger partial charge on any atom is -0.385 e. The van der Waals surface area contributed by atoms with Crippen LogP contribution in [0.25, 0.3) is 0 Å². The van der Waals surface area contributed by atoms with Crippen molar-refractivity contribution in [3.05, 3.63) is 22.8 Å². The Hall–Kier alpha value is -0.270. The van der Waals surface area contributed by atoms with Crippen molar-refractivity contribution in [2.45, 2.75) is 65.4 Å². The standard InChI is InChI=1S/C15H25ClO/c1-5-11-15(17,14(3,4)6-2)12-7-9-13(16)10-8-12/h7,9,17H,5-6,8,10-11H2,1-4H3. The van der Waals surface area contributed by atoms with E-state index >= 15 is 0 Å². The lowest BCUT2D eigenvalue weighted by Gasteiger charge is -2.45. The van der Waals surface area contributed by atoms with Gasteiger partial charge in [0.1, 0.15) is 0 Å². The van der Waals surface area contributed by atoms with E-state index in [1.807, 2.05) is 12.2 Å². The van der Waals surface area contributed by atoms with Crippen molar-refractivity contribution in [1.29, 1.82) is 0 Å². The van der Waals surface area contributed by atoms with Crippen LogP contribution in [-0.2, 0) is 0 Å². The Morgan fingerprint density at radius 2 is 1.88 bits per heavy atom. The largest absolute Gasteiger partial charge is 0.385 e. The van der Waals surface area contributed by atoms with Crippen LogP contribution < -0.4 is 0 Å². The highest BCUT2D eigenvalue weighted by Crippen LogP contribution is 2.45. The molecule has 1 unspecified atom stereocenters. The maximum atomic E-state index is 11.1. The second kappa shape index (κ2) is 5.58. The zero-order valence-electron chi connectivity index (χ0n) is 11.5. The molecule has 1 nitrogen and oxygen atoms in total. The van der Waals surface area contributed by atoms with Crippen LogP contribution >= 0.6 is 11.6 Å². The minimum absolute atomic E-state index is 0.0908. The first kappa shape index (κ1) is 14.8. The van der Waals surface area contributed by atoms with E-state index in [0.717, 1.165) is 42.7 Å². The van der Waals surface area contributed by atoms with Crippen molar-refractivity contribution < 1.29 is 5.11 Å². The molecule has 17 heavy (non-hydrogen) atoms. The van der Waals surface area contributed by atoms with Crippen LogP contribution in [0.1, 0.15) is 59.8 Å². The topological polar surface area (TPSA) is 20.2 Å². The van der Waals surface area contributed by atoms with Crippen LogP contribution in [0.4, 0.5) is 0 Å². The van der Waals surface area contributed by atoms with E-state index in [0.29, 0.717) is 0 Å². The van der Waals surface area contributed by atoms with E-state index in [1.165, 1.54) is 0 Å². The molecule has 1 rings (SSSR count). The molecule has 0 aromatic rings. The smallest absolute Gasteiger partial charge is 0.0910 e. The number of aliphatic hydroxyl groups is 1. The fourth-order valence-corrected chi connectivity index (χ4v) is 2.70. The fourth-order valence-electron chi connectivity index (χ4n) is 2.54. The zero-order valence-corrected chi connectivity index (χ0v) is 12.3. The van der Waals surface area contributed by atoms with Crippen molar-refractivity contribution in [2.75, 3.05) is 0 Å². The van der Waals surface area contributed by atoms with Crippen LogP contribution in [0.5, 0.6) is 0 Å². The third-order valence-electron chi connectivity index (χ3n) is 4.25. The Labute approximate surface area is 111 Å². The lowest BCUT2D eigenvalue weighted by molar-refractivity contribution is -0.0466. The molecule has 0 radical (unpaired) electrons. The highest BCUT2D eigenvalue weighted by molar-refractivity contribution is 6.29. The molecule has 2 heteroatoms. The van der Waals surface area contributed by atoms with Gasteiger partial charge in [0.25, 0.3) is 0 Å².